The van der Waals surface area contributed by atoms with Gasteiger partial charge in [-0.2, -0.15) is 13.2 Å². The highest BCUT2D eigenvalue weighted by atomic mass is 127. The molecule has 3 rings (SSSR count). The van der Waals surface area contributed by atoms with Crippen LogP contribution in [-0.4, -0.2) is 40.3 Å². The van der Waals surface area contributed by atoms with E-state index in [1.807, 2.05) is 35.9 Å². The number of aryl methyl sites for hydroxylation is 2. The first-order valence-electron chi connectivity index (χ1n) is 9.94. The fourth-order valence-electron chi connectivity index (χ4n) is 2.97. The molecule has 0 aliphatic rings. The number of guanidine groups is 1. The first kappa shape index (κ1) is 26.4. The van der Waals surface area contributed by atoms with Gasteiger partial charge in [0.25, 0.3) is 0 Å². The number of ether oxygens (including phenoxy) is 1. The Bertz CT molecular complexity index is 1070. The third kappa shape index (κ3) is 7.91. The van der Waals surface area contributed by atoms with Gasteiger partial charge in [0.15, 0.2) is 12.6 Å². The molecule has 2 N–H and O–H groups in total. The van der Waals surface area contributed by atoms with E-state index in [2.05, 4.69) is 25.6 Å². The van der Waals surface area contributed by atoms with Crippen LogP contribution in [0.5, 0.6) is 5.75 Å². The van der Waals surface area contributed by atoms with E-state index in [0.717, 1.165) is 22.8 Å². The zero-order valence-electron chi connectivity index (χ0n) is 18.5. The van der Waals surface area contributed by atoms with Crippen molar-refractivity contribution in [1.82, 2.24) is 25.2 Å². The number of halogens is 4. The smallest absolute Gasteiger partial charge is 0.422 e. The molecule has 11 heteroatoms. The Balaban J connectivity index is 0.00000385. The van der Waals surface area contributed by atoms with E-state index in [9.17, 15) is 13.2 Å². The second kappa shape index (κ2) is 11.9. The van der Waals surface area contributed by atoms with Gasteiger partial charge in [-0.25, -0.2) is 9.97 Å². The van der Waals surface area contributed by atoms with Crippen molar-refractivity contribution in [3.05, 3.63) is 71.4 Å². The Kier molecular flexibility index (Phi) is 9.50. The summed E-state index contributed by atoms with van der Waals surface area (Å²) in [6, 6.07) is 9.00. The number of benzene rings is 1. The maximum absolute atomic E-state index is 12.5. The van der Waals surface area contributed by atoms with Gasteiger partial charge in [-0.1, -0.05) is 18.2 Å². The van der Waals surface area contributed by atoms with Crippen LogP contribution in [0.4, 0.5) is 13.2 Å². The van der Waals surface area contributed by atoms with Crippen molar-refractivity contribution in [2.75, 3.05) is 13.7 Å². The predicted octanol–water partition coefficient (Wildman–Crippen LogP) is 4.31. The Morgan fingerprint density at radius 1 is 1.09 bits per heavy atom. The number of alkyl halides is 3. The average Bonchev–Trinajstić information content (AvgIpc) is 3.19. The number of hydrogen-bond acceptors (Lipinski definition) is 4. The minimum absolute atomic E-state index is 0. The number of aliphatic imine (C=N–C) groups is 1. The maximum atomic E-state index is 12.5. The van der Waals surface area contributed by atoms with E-state index in [-0.39, 0.29) is 36.3 Å². The summed E-state index contributed by atoms with van der Waals surface area (Å²) in [6.07, 6.45) is 0.930. The zero-order valence-corrected chi connectivity index (χ0v) is 20.8. The fourth-order valence-corrected chi connectivity index (χ4v) is 2.97. The number of aromatic nitrogens is 3. The fraction of sp³-hybridized carbons (Fsp3) is 0.318. The summed E-state index contributed by atoms with van der Waals surface area (Å²) >= 11 is 0. The van der Waals surface area contributed by atoms with Gasteiger partial charge >= 0.3 is 6.18 Å². The van der Waals surface area contributed by atoms with E-state index in [4.69, 9.17) is 4.74 Å². The number of nitrogens with one attached hydrogen (secondary N) is 2. The Labute approximate surface area is 207 Å². The Morgan fingerprint density at radius 3 is 2.45 bits per heavy atom. The largest absolute Gasteiger partial charge is 0.484 e. The molecule has 0 atom stereocenters. The minimum Gasteiger partial charge on any atom is -0.484 e. The van der Waals surface area contributed by atoms with Crippen molar-refractivity contribution in [2.45, 2.75) is 33.1 Å². The Hall–Kier alpha value is -2.83. The molecule has 0 fully saturated rings. The SMILES string of the molecule is CN=C(NCc1ccc(-n2ccnc2C)nc1)NCc1ccc(C)cc1OCC(F)(F)F.I. The van der Waals surface area contributed by atoms with Crippen molar-refractivity contribution >= 4 is 29.9 Å². The van der Waals surface area contributed by atoms with E-state index in [1.54, 1.807) is 38.5 Å². The first-order valence-corrected chi connectivity index (χ1v) is 9.94. The molecular weight excluding hydrogens is 548 g/mol. The summed E-state index contributed by atoms with van der Waals surface area (Å²) in [5.74, 6) is 2.32. The third-order valence-electron chi connectivity index (χ3n) is 4.63. The molecule has 33 heavy (non-hydrogen) atoms. The third-order valence-corrected chi connectivity index (χ3v) is 4.63. The molecule has 0 saturated carbocycles. The molecule has 178 valence electrons. The van der Waals surface area contributed by atoms with Crippen molar-refractivity contribution in [3.63, 3.8) is 0 Å². The van der Waals surface area contributed by atoms with E-state index >= 15 is 0 Å². The zero-order chi connectivity index (χ0) is 23.1. The summed E-state index contributed by atoms with van der Waals surface area (Å²) in [5.41, 5.74) is 2.36. The quantitative estimate of drug-likeness (QED) is 0.250. The molecule has 0 spiro atoms. The predicted molar refractivity (Wildman–Crippen MR) is 131 cm³/mol. The highest BCUT2D eigenvalue weighted by Crippen LogP contribution is 2.23. The molecule has 0 saturated heterocycles. The molecule has 0 radical (unpaired) electrons. The minimum atomic E-state index is -4.40. The van der Waals surface area contributed by atoms with Crippen molar-refractivity contribution in [2.24, 2.45) is 4.99 Å². The van der Waals surface area contributed by atoms with Crippen LogP contribution < -0.4 is 15.4 Å². The average molecular weight is 574 g/mol. The molecule has 0 aliphatic carbocycles. The van der Waals surface area contributed by atoms with E-state index in [0.29, 0.717) is 18.1 Å². The first-order chi connectivity index (χ1) is 15.2. The molecule has 0 unspecified atom stereocenters. The normalized spacial score (nSPS) is 11.6. The number of hydrogen-bond donors (Lipinski definition) is 2. The lowest BCUT2D eigenvalue weighted by molar-refractivity contribution is -0.153. The molecule has 7 nitrogen and oxygen atoms in total. The van der Waals surface area contributed by atoms with Gasteiger partial charge in [0.05, 0.1) is 0 Å². The van der Waals surface area contributed by atoms with Gasteiger partial charge in [-0.3, -0.25) is 9.56 Å². The standard InChI is InChI=1S/C22H25F3N6O.HI/c1-15-4-6-18(19(10-15)32-14-22(23,24)25)13-30-21(26-3)29-12-17-5-7-20(28-11-17)31-9-8-27-16(31)2;/h4-11H,12-14H2,1-3H3,(H2,26,29,30);1H. The summed E-state index contributed by atoms with van der Waals surface area (Å²) in [4.78, 5) is 12.8. The van der Waals surface area contributed by atoms with Crippen LogP contribution in [0.25, 0.3) is 5.82 Å². The Morgan fingerprint density at radius 2 is 1.85 bits per heavy atom. The van der Waals surface area contributed by atoms with E-state index < -0.39 is 12.8 Å². The summed E-state index contributed by atoms with van der Waals surface area (Å²) in [6.45, 7) is 3.09. The van der Waals surface area contributed by atoms with Crippen molar-refractivity contribution < 1.29 is 17.9 Å². The lowest BCUT2D eigenvalue weighted by atomic mass is 10.1. The maximum Gasteiger partial charge on any atom is 0.422 e. The number of imidazole rings is 1. The molecule has 3 aromatic rings. The van der Waals surface area contributed by atoms with Crippen LogP contribution in [-0.2, 0) is 13.1 Å². The molecule has 2 heterocycles. The van der Waals surface area contributed by atoms with Gasteiger partial charge in [0, 0.05) is 44.3 Å². The van der Waals surface area contributed by atoms with Crippen LogP contribution in [0, 0.1) is 13.8 Å². The second-order valence-corrected chi connectivity index (χ2v) is 7.16. The molecule has 2 aromatic heterocycles. The molecular formula is C22H26F3IN6O. The van der Waals surface area contributed by atoms with Gasteiger partial charge in [-0.05, 0) is 37.1 Å². The van der Waals surface area contributed by atoms with Crippen LogP contribution in [0.3, 0.4) is 0 Å². The summed E-state index contributed by atoms with van der Waals surface area (Å²) in [7, 11) is 1.62. The summed E-state index contributed by atoms with van der Waals surface area (Å²) < 4.78 is 44.5. The van der Waals surface area contributed by atoms with Crippen LogP contribution >= 0.6 is 24.0 Å². The number of rotatable bonds is 7. The number of nitrogens with zero attached hydrogens (tertiary/aromatic N) is 4. The van der Waals surface area contributed by atoms with Gasteiger partial charge in [0.2, 0.25) is 0 Å². The van der Waals surface area contributed by atoms with Crippen LogP contribution in [0.15, 0.2) is 53.9 Å². The van der Waals surface area contributed by atoms with Gasteiger partial charge in [-0.15, -0.1) is 24.0 Å². The highest BCUT2D eigenvalue weighted by Gasteiger charge is 2.28. The lowest BCUT2D eigenvalue weighted by Gasteiger charge is -2.16. The number of pyridine rings is 1. The van der Waals surface area contributed by atoms with Gasteiger partial charge in [0.1, 0.15) is 17.4 Å². The second-order valence-electron chi connectivity index (χ2n) is 7.16. The van der Waals surface area contributed by atoms with E-state index in [1.165, 1.54) is 0 Å². The lowest BCUT2D eigenvalue weighted by Crippen LogP contribution is -2.36. The topological polar surface area (TPSA) is 76.4 Å². The monoisotopic (exact) mass is 574 g/mol. The van der Waals surface area contributed by atoms with Crippen LogP contribution in [0.2, 0.25) is 0 Å². The molecule has 1 aromatic carbocycles. The van der Waals surface area contributed by atoms with Crippen LogP contribution in [0.1, 0.15) is 22.5 Å². The van der Waals surface area contributed by atoms with Crippen molar-refractivity contribution in [1.29, 1.82) is 0 Å². The molecule has 0 amide bonds. The molecule has 0 aliphatic heterocycles. The highest BCUT2D eigenvalue weighted by molar-refractivity contribution is 14.0. The van der Waals surface area contributed by atoms with Gasteiger partial charge < -0.3 is 15.4 Å². The van der Waals surface area contributed by atoms with Crippen molar-refractivity contribution in [3.8, 4) is 11.6 Å². The molecule has 0 bridgehead atoms. The summed E-state index contributed by atoms with van der Waals surface area (Å²) in [5, 5.41) is 6.27.